The molecule has 0 aromatic carbocycles. The number of carbonyl (C=O) groups excluding carboxylic acids is 1. The van der Waals surface area contributed by atoms with Crippen LogP contribution in [0.15, 0.2) is 0 Å². The summed E-state index contributed by atoms with van der Waals surface area (Å²) in [6.07, 6.45) is 0. The first-order chi connectivity index (χ1) is 8.60. The largest absolute Gasteiger partial charge is 0.523 e. The normalized spacial score (nSPS) is 14.4. The zero-order valence-corrected chi connectivity index (χ0v) is 16.5. The van der Waals surface area contributed by atoms with E-state index in [1.807, 2.05) is 62.3 Å². The smallest absolute Gasteiger partial charge is 0.387 e. The van der Waals surface area contributed by atoms with E-state index in [-0.39, 0.29) is 10.5 Å². The summed E-state index contributed by atoms with van der Waals surface area (Å²) >= 11 is 0. The van der Waals surface area contributed by atoms with Crippen LogP contribution in [0.4, 0.5) is 0 Å². The summed E-state index contributed by atoms with van der Waals surface area (Å²) in [6, 6.07) is 0. The molecule has 0 aliphatic rings. The molecule has 0 rings (SSSR count). The molecule has 6 heteroatoms. The molecule has 0 fully saturated rings. The molecule has 0 saturated carbocycles. The van der Waals surface area contributed by atoms with Gasteiger partial charge in [-0.3, -0.25) is 0 Å². The van der Waals surface area contributed by atoms with E-state index in [1.165, 1.54) is 0 Å². The van der Waals surface area contributed by atoms with Gasteiger partial charge in [-0.25, -0.2) is 4.79 Å². The Bertz CT molecular complexity index is 292. The molecule has 0 aliphatic carbocycles. The van der Waals surface area contributed by atoms with Crippen molar-refractivity contribution in [1.82, 2.24) is 0 Å². The number of ether oxygens (including phenoxy) is 3. The molecule has 0 radical (unpaired) electrons. The van der Waals surface area contributed by atoms with Gasteiger partial charge in [-0.15, -0.1) is 0 Å². The Labute approximate surface area is 125 Å². The van der Waals surface area contributed by atoms with Crippen molar-refractivity contribution >= 4 is 16.5 Å². The highest BCUT2D eigenvalue weighted by atomic mass is 28.2. The van der Waals surface area contributed by atoms with Gasteiger partial charge in [0.2, 0.25) is 10.5 Å². The molecule has 0 amide bonds. The van der Waals surface area contributed by atoms with Gasteiger partial charge in [0.05, 0.1) is 16.8 Å². The van der Waals surface area contributed by atoms with Crippen molar-refractivity contribution in [3.8, 4) is 0 Å². The highest BCUT2D eigenvalue weighted by Crippen LogP contribution is 2.33. The van der Waals surface area contributed by atoms with Crippen molar-refractivity contribution in [1.29, 1.82) is 0 Å². The molecule has 0 unspecified atom stereocenters. The first-order valence-electron chi connectivity index (χ1n) is 6.79. The lowest BCUT2D eigenvalue weighted by Gasteiger charge is -2.42. The summed E-state index contributed by atoms with van der Waals surface area (Å²) in [6.45, 7) is 16.5. The summed E-state index contributed by atoms with van der Waals surface area (Å²) in [7, 11) is 0.238. The highest BCUT2D eigenvalue weighted by Gasteiger charge is 2.52. The van der Waals surface area contributed by atoms with Gasteiger partial charge in [-0.1, -0.05) is 0 Å². The van der Waals surface area contributed by atoms with Crippen molar-refractivity contribution in [3.05, 3.63) is 0 Å². The molecule has 0 heterocycles. The third kappa shape index (κ3) is 7.38. The van der Waals surface area contributed by atoms with Gasteiger partial charge in [0.25, 0.3) is 0 Å². The minimum Gasteiger partial charge on any atom is -0.523 e. The Morgan fingerprint density at radius 2 is 0.950 bits per heavy atom. The van der Waals surface area contributed by atoms with Crippen LogP contribution in [-0.4, -0.2) is 39.2 Å². The molecule has 0 aromatic heterocycles. The van der Waals surface area contributed by atoms with Gasteiger partial charge in [0, 0.05) is 0 Å². The number of hydrogen-bond acceptors (Lipinski definition) is 5. The fourth-order valence-corrected chi connectivity index (χ4v) is 1.77. The average molecular weight is 306 g/mol. The van der Waals surface area contributed by atoms with Gasteiger partial charge in [0.1, 0.15) is 0 Å². The molecule has 0 atom stereocenters. The lowest BCUT2D eigenvalue weighted by atomic mass is 10.1. The van der Waals surface area contributed by atoms with E-state index in [4.69, 9.17) is 18.6 Å². The standard InChI is InChI=1S/C14H30O5Si/c1-11(2,3)17-14(10(15)16-20,18-12(4,5)6)19-13(7,8)9/h1-9,20H3. The van der Waals surface area contributed by atoms with Crippen LogP contribution in [0, 0.1) is 0 Å². The van der Waals surface area contributed by atoms with Crippen molar-refractivity contribution in [3.63, 3.8) is 0 Å². The maximum Gasteiger partial charge on any atom is 0.387 e. The minimum atomic E-state index is -1.86. The van der Waals surface area contributed by atoms with Crippen LogP contribution < -0.4 is 0 Å². The molecule has 0 aromatic rings. The summed E-state index contributed by atoms with van der Waals surface area (Å²) < 4.78 is 22.5. The van der Waals surface area contributed by atoms with Crippen molar-refractivity contribution in [2.24, 2.45) is 0 Å². The summed E-state index contributed by atoms with van der Waals surface area (Å²) in [5.74, 6) is -2.51. The summed E-state index contributed by atoms with van der Waals surface area (Å²) in [4.78, 5) is 12.3. The third-order valence-electron chi connectivity index (χ3n) is 1.76. The topological polar surface area (TPSA) is 54.0 Å². The van der Waals surface area contributed by atoms with E-state index in [1.54, 1.807) is 0 Å². The first-order valence-corrected chi connectivity index (χ1v) is 7.61. The monoisotopic (exact) mass is 306 g/mol. The zero-order chi connectivity index (χ0) is 16.4. The van der Waals surface area contributed by atoms with Crippen molar-refractivity contribution in [2.45, 2.75) is 85.1 Å². The van der Waals surface area contributed by atoms with Gasteiger partial charge in [-0.2, -0.15) is 0 Å². The Balaban J connectivity index is 5.70. The predicted octanol–water partition coefficient (Wildman–Crippen LogP) is 1.91. The van der Waals surface area contributed by atoms with Crippen LogP contribution in [0.5, 0.6) is 0 Å². The number of hydrogen-bond donors (Lipinski definition) is 0. The molecule has 0 bridgehead atoms. The van der Waals surface area contributed by atoms with E-state index >= 15 is 0 Å². The van der Waals surface area contributed by atoms with E-state index in [9.17, 15) is 4.79 Å². The molecular formula is C14H30O5Si. The van der Waals surface area contributed by atoms with Crippen LogP contribution in [0.25, 0.3) is 0 Å². The van der Waals surface area contributed by atoms with E-state index in [0.29, 0.717) is 0 Å². The first kappa shape index (κ1) is 19.6. The quantitative estimate of drug-likeness (QED) is 0.586. The lowest BCUT2D eigenvalue weighted by molar-refractivity contribution is -0.426. The maximum atomic E-state index is 12.3. The van der Waals surface area contributed by atoms with Gasteiger partial charge >= 0.3 is 11.9 Å². The molecule has 120 valence electrons. The predicted molar refractivity (Wildman–Crippen MR) is 81.3 cm³/mol. The molecule has 20 heavy (non-hydrogen) atoms. The zero-order valence-electron chi connectivity index (χ0n) is 14.5. The van der Waals surface area contributed by atoms with Crippen LogP contribution in [0.1, 0.15) is 62.3 Å². The molecule has 0 spiro atoms. The van der Waals surface area contributed by atoms with Gasteiger partial charge < -0.3 is 18.6 Å². The van der Waals surface area contributed by atoms with Crippen LogP contribution in [-0.2, 0) is 23.4 Å². The van der Waals surface area contributed by atoms with Crippen molar-refractivity contribution in [2.75, 3.05) is 0 Å². The fraction of sp³-hybridized carbons (Fsp3) is 0.929. The Kier molecular flexibility index (Phi) is 6.00. The second kappa shape index (κ2) is 6.13. The molecule has 0 aliphatic heterocycles. The van der Waals surface area contributed by atoms with E-state index in [0.717, 1.165) is 0 Å². The SMILES string of the molecule is CC(C)(C)OC(OC(C)(C)C)(OC(C)(C)C)C(=O)O[SiH3]. The molecule has 0 N–H and O–H groups in total. The van der Waals surface area contributed by atoms with Gasteiger partial charge in [0.15, 0.2) is 0 Å². The number of rotatable bonds is 4. The fourth-order valence-electron chi connectivity index (χ4n) is 1.52. The molecule has 5 nitrogen and oxygen atoms in total. The summed E-state index contributed by atoms with van der Waals surface area (Å²) in [5.41, 5.74) is -1.90. The highest BCUT2D eigenvalue weighted by molar-refractivity contribution is 6.06. The van der Waals surface area contributed by atoms with Crippen LogP contribution >= 0.6 is 0 Å². The second-order valence-electron chi connectivity index (χ2n) is 7.69. The molecule has 0 saturated heterocycles. The Morgan fingerprint density at radius 1 is 0.700 bits per heavy atom. The van der Waals surface area contributed by atoms with Crippen molar-refractivity contribution < 1.29 is 23.4 Å². The van der Waals surface area contributed by atoms with Crippen LogP contribution in [0.3, 0.4) is 0 Å². The minimum absolute atomic E-state index is 0.238. The third-order valence-corrected chi connectivity index (χ3v) is 2.13. The van der Waals surface area contributed by atoms with Gasteiger partial charge in [-0.05, 0) is 62.3 Å². The second-order valence-corrected chi connectivity index (χ2v) is 8.10. The van der Waals surface area contributed by atoms with E-state index in [2.05, 4.69) is 0 Å². The Morgan fingerprint density at radius 3 is 1.10 bits per heavy atom. The van der Waals surface area contributed by atoms with Crippen LogP contribution in [0.2, 0.25) is 0 Å². The Hall–Kier alpha value is -0.433. The molecular weight excluding hydrogens is 276 g/mol. The summed E-state index contributed by atoms with van der Waals surface area (Å²) in [5, 5.41) is 0. The number of carbonyl (C=O) groups is 1. The average Bonchev–Trinajstić information content (AvgIpc) is 2.07. The lowest BCUT2D eigenvalue weighted by Crippen LogP contribution is -2.57. The van der Waals surface area contributed by atoms with E-state index < -0.39 is 28.7 Å². The maximum absolute atomic E-state index is 12.3.